The van der Waals surface area contributed by atoms with E-state index >= 15 is 0 Å². The largest absolute Gasteiger partial charge is 0.396 e. The van der Waals surface area contributed by atoms with Gasteiger partial charge < -0.3 is 10.6 Å². The van der Waals surface area contributed by atoms with Crippen LogP contribution in [-0.2, 0) is 6.54 Å². The van der Waals surface area contributed by atoms with Crippen LogP contribution < -0.4 is 5.73 Å². The van der Waals surface area contributed by atoms with Gasteiger partial charge in [-0.25, -0.2) is 0 Å². The van der Waals surface area contributed by atoms with Gasteiger partial charge in [0.15, 0.2) is 0 Å². The normalized spacial score (nSPS) is 18.6. The van der Waals surface area contributed by atoms with Crippen LogP contribution in [0.3, 0.4) is 0 Å². The van der Waals surface area contributed by atoms with Crippen LogP contribution in [0.4, 0.5) is 5.69 Å². The van der Waals surface area contributed by atoms with E-state index in [1.54, 1.807) is 6.20 Å². The van der Waals surface area contributed by atoms with Crippen LogP contribution in [0.25, 0.3) is 0 Å². The van der Waals surface area contributed by atoms with E-state index in [-0.39, 0.29) is 0 Å². The van der Waals surface area contributed by atoms with E-state index in [1.807, 2.05) is 10.9 Å². The monoisotopic (exact) mass is 250 g/mol. The SMILES string of the molecule is CC(C)CCN1CCC(Cn2cc(N)cn2)CC1. The van der Waals surface area contributed by atoms with Gasteiger partial charge in [-0.1, -0.05) is 13.8 Å². The Hall–Kier alpha value is -1.03. The van der Waals surface area contributed by atoms with Crippen LogP contribution in [-0.4, -0.2) is 34.3 Å². The van der Waals surface area contributed by atoms with E-state index in [9.17, 15) is 0 Å². The van der Waals surface area contributed by atoms with Gasteiger partial charge in [0.25, 0.3) is 0 Å². The number of aromatic nitrogens is 2. The zero-order valence-corrected chi connectivity index (χ0v) is 11.7. The summed E-state index contributed by atoms with van der Waals surface area (Å²) in [6.07, 6.45) is 7.57. The molecule has 4 heteroatoms. The number of piperidine rings is 1. The molecule has 1 saturated heterocycles. The van der Waals surface area contributed by atoms with Crippen molar-refractivity contribution in [3.8, 4) is 0 Å². The van der Waals surface area contributed by atoms with E-state index < -0.39 is 0 Å². The average molecular weight is 250 g/mol. The number of likely N-dealkylation sites (tertiary alicyclic amines) is 1. The lowest BCUT2D eigenvalue weighted by Gasteiger charge is -2.32. The first-order valence-corrected chi connectivity index (χ1v) is 7.14. The molecule has 0 amide bonds. The van der Waals surface area contributed by atoms with Gasteiger partial charge in [0.2, 0.25) is 0 Å². The molecular formula is C14H26N4. The molecule has 2 rings (SSSR count). The highest BCUT2D eigenvalue weighted by atomic mass is 15.3. The molecule has 1 fully saturated rings. The Kier molecular flexibility index (Phi) is 4.64. The van der Waals surface area contributed by atoms with E-state index in [0.717, 1.165) is 24.1 Å². The van der Waals surface area contributed by atoms with Crippen molar-refractivity contribution in [2.24, 2.45) is 11.8 Å². The van der Waals surface area contributed by atoms with Gasteiger partial charge in [-0.15, -0.1) is 0 Å². The molecule has 1 aromatic heterocycles. The first kappa shape index (κ1) is 13.4. The van der Waals surface area contributed by atoms with E-state index in [4.69, 9.17) is 5.73 Å². The Labute approximate surface area is 110 Å². The molecule has 1 aliphatic rings. The number of nitrogen functional groups attached to an aromatic ring is 1. The molecule has 0 bridgehead atoms. The highest BCUT2D eigenvalue weighted by Crippen LogP contribution is 2.19. The third kappa shape index (κ3) is 4.02. The maximum atomic E-state index is 5.68. The molecule has 0 aromatic carbocycles. The molecule has 1 aromatic rings. The van der Waals surface area contributed by atoms with Gasteiger partial charge in [0.1, 0.15) is 0 Å². The minimum absolute atomic E-state index is 0.764. The summed E-state index contributed by atoms with van der Waals surface area (Å²) in [7, 11) is 0. The Morgan fingerprint density at radius 1 is 1.39 bits per heavy atom. The molecule has 2 N–H and O–H groups in total. The molecule has 102 valence electrons. The second-order valence-corrected chi connectivity index (χ2v) is 5.96. The van der Waals surface area contributed by atoms with E-state index in [2.05, 4.69) is 23.8 Å². The number of nitrogens with two attached hydrogens (primary N) is 1. The van der Waals surface area contributed by atoms with Crippen LogP contribution in [0.2, 0.25) is 0 Å². The molecule has 0 atom stereocenters. The molecule has 0 unspecified atom stereocenters. The van der Waals surface area contributed by atoms with Crippen molar-refractivity contribution in [2.45, 2.75) is 39.7 Å². The van der Waals surface area contributed by atoms with Gasteiger partial charge in [-0.2, -0.15) is 5.10 Å². The van der Waals surface area contributed by atoms with Gasteiger partial charge in [-0.05, 0) is 50.7 Å². The van der Waals surface area contributed by atoms with Crippen molar-refractivity contribution < 1.29 is 0 Å². The highest BCUT2D eigenvalue weighted by Gasteiger charge is 2.19. The summed E-state index contributed by atoms with van der Waals surface area (Å²) in [6, 6.07) is 0. The van der Waals surface area contributed by atoms with Crippen molar-refractivity contribution >= 4 is 5.69 Å². The summed E-state index contributed by atoms with van der Waals surface area (Å²) in [4.78, 5) is 2.61. The maximum absolute atomic E-state index is 5.68. The summed E-state index contributed by atoms with van der Waals surface area (Å²) in [5.41, 5.74) is 6.45. The molecule has 0 saturated carbocycles. The Morgan fingerprint density at radius 2 is 2.11 bits per heavy atom. The van der Waals surface area contributed by atoms with Crippen molar-refractivity contribution in [3.63, 3.8) is 0 Å². The standard InChI is InChI=1S/C14H26N4/c1-12(2)3-6-17-7-4-13(5-8-17)10-18-11-14(15)9-16-18/h9,11-13H,3-8,10,15H2,1-2H3. The first-order valence-electron chi connectivity index (χ1n) is 7.14. The van der Waals surface area contributed by atoms with Gasteiger partial charge >= 0.3 is 0 Å². The van der Waals surface area contributed by atoms with Gasteiger partial charge in [0.05, 0.1) is 11.9 Å². The summed E-state index contributed by atoms with van der Waals surface area (Å²) in [5, 5.41) is 4.27. The van der Waals surface area contributed by atoms with Crippen LogP contribution >= 0.6 is 0 Å². The van der Waals surface area contributed by atoms with Crippen molar-refractivity contribution in [2.75, 3.05) is 25.4 Å². The number of rotatable bonds is 5. The summed E-state index contributed by atoms with van der Waals surface area (Å²) in [5.74, 6) is 1.58. The lowest BCUT2D eigenvalue weighted by Crippen LogP contribution is -2.36. The molecule has 0 radical (unpaired) electrons. The minimum Gasteiger partial charge on any atom is -0.396 e. The molecule has 0 spiro atoms. The summed E-state index contributed by atoms with van der Waals surface area (Å²) < 4.78 is 1.99. The zero-order valence-electron chi connectivity index (χ0n) is 11.7. The molecular weight excluding hydrogens is 224 g/mol. The summed E-state index contributed by atoms with van der Waals surface area (Å²) >= 11 is 0. The maximum Gasteiger partial charge on any atom is 0.0719 e. The Morgan fingerprint density at radius 3 is 2.67 bits per heavy atom. The molecule has 1 aliphatic heterocycles. The predicted octanol–water partition coefficient (Wildman–Crippen LogP) is 2.22. The number of hydrogen-bond acceptors (Lipinski definition) is 3. The van der Waals surface area contributed by atoms with Crippen LogP contribution in [0.15, 0.2) is 12.4 Å². The topological polar surface area (TPSA) is 47.1 Å². The molecule has 2 heterocycles. The van der Waals surface area contributed by atoms with Crippen LogP contribution in [0.5, 0.6) is 0 Å². The average Bonchev–Trinajstić information content (AvgIpc) is 2.74. The molecule has 18 heavy (non-hydrogen) atoms. The minimum atomic E-state index is 0.764. The van der Waals surface area contributed by atoms with Crippen molar-refractivity contribution in [1.29, 1.82) is 0 Å². The molecule has 0 aliphatic carbocycles. The smallest absolute Gasteiger partial charge is 0.0719 e. The lowest BCUT2D eigenvalue weighted by atomic mass is 9.96. The lowest BCUT2D eigenvalue weighted by molar-refractivity contribution is 0.164. The van der Waals surface area contributed by atoms with Gasteiger partial charge in [-0.3, -0.25) is 4.68 Å². The fourth-order valence-electron chi connectivity index (χ4n) is 2.58. The number of nitrogens with zero attached hydrogens (tertiary/aromatic N) is 3. The number of hydrogen-bond donors (Lipinski definition) is 1. The summed E-state index contributed by atoms with van der Waals surface area (Å²) in [6.45, 7) is 9.38. The Balaban J connectivity index is 1.70. The van der Waals surface area contributed by atoms with Crippen LogP contribution in [0, 0.1) is 11.8 Å². The van der Waals surface area contributed by atoms with Crippen molar-refractivity contribution in [1.82, 2.24) is 14.7 Å². The predicted molar refractivity (Wildman–Crippen MR) is 75.3 cm³/mol. The highest BCUT2D eigenvalue weighted by molar-refractivity contribution is 5.30. The van der Waals surface area contributed by atoms with E-state index in [0.29, 0.717) is 0 Å². The fraction of sp³-hybridized carbons (Fsp3) is 0.786. The number of anilines is 1. The Bertz CT molecular complexity index is 350. The second-order valence-electron chi connectivity index (χ2n) is 5.96. The van der Waals surface area contributed by atoms with Gasteiger partial charge in [0, 0.05) is 12.7 Å². The third-order valence-corrected chi connectivity index (χ3v) is 3.83. The first-order chi connectivity index (χ1) is 8.63. The van der Waals surface area contributed by atoms with Crippen LogP contribution in [0.1, 0.15) is 33.1 Å². The van der Waals surface area contributed by atoms with E-state index in [1.165, 1.54) is 38.9 Å². The molecule has 4 nitrogen and oxygen atoms in total. The van der Waals surface area contributed by atoms with Crippen molar-refractivity contribution in [3.05, 3.63) is 12.4 Å². The quantitative estimate of drug-likeness (QED) is 0.871. The second kappa shape index (κ2) is 6.23. The third-order valence-electron chi connectivity index (χ3n) is 3.83. The zero-order chi connectivity index (χ0) is 13.0. The fourth-order valence-corrected chi connectivity index (χ4v) is 2.58.